The number of hydrogen-bond acceptors (Lipinski definition) is 3. The lowest BCUT2D eigenvalue weighted by molar-refractivity contribution is -0.117. The minimum atomic E-state index is -3.76. The van der Waals surface area contributed by atoms with Gasteiger partial charge in [0.25, 0.3) is 10.0 Å². The predicted molar refractivity (Wildman–Crippen MR) is 62.6 cm³/mol. The highest BCUT2D eigenvalue weighted by molar-refractivity contribution is 7.94. The van der Waals surface area contributed by atoms with E-state index in [1.807, 2.05) is 13.8 Å². The molecule has 0 aromatic rings. The van der Waals surface area contributed by atoms with Gasteiger partial charge in [-0.2, -0.15) is 0 Å². The Labute approximate surface area is 91.4 Å². The van der Waals surface area contributed by atoms with Crippen LogP contribution in [0.5, 0.6) is 0 Å². The number of rotatable bonds is 4. The number of carbonyl (C=O) groups is 1. The number of sulfonamides is 1. The van der Waals surface area contributed by atoms with Gasteiger partial charge in [-0.15, -0.1) is 0 Å². The van der Waals surface area contributed by atoms with Crippen LogP contribution in [0, 0.1) is 0 Å². The summed E-state index contributed by atoms with van der Waals surface area (Å²) >= 11 is 0. The molecule has 0 radical (unpaired) electrons. The van der Waals surface area contributed by atoms with E-state index in [4.69, 9.17) is 0 Å². The Kier molecular flexibility index (Phi) is 8.57. The van der Waals surface area contributed by atoms with Gasteiger partial charge in [-0.25, -0.2) is 13.1 Å². The molecule has 0 fully saturated rings. The average Bonchev–Trinajstić information content (AvgIpc) is 2.15. The Hall–Kier alpha value is -1.36. The van der Waals surface area contributed by atoms with E-state index in [-0.39, 0.29) is 4.91 Å². The monoisotopic (exact) mass is 231 g/mol. The highest BCUT2D eigenvalue weighted by Crippen LogP contribution is 2.05. The van der Waals surface area contributed by atoms with Crippen molar-refractivity contribution in [1.82, 2.24) is 4.72 Å². The van der Waals surface area contributed by atoms with Crippen LogP contribution in [0.3, 0.4) is 0 Å². The van der Waals surface area contributed by atoms with Crippen LogP contribution in [0.25, 0.3) is 0 Å². The van der Waals surface area contributed by atoms with Crippen LogP contribution >= 0.6 is 0 Å². The normalized spacial score (nSPS) is 10.7. The van der Waals surface area contributed by atoms with E-state index in [9.17, 15) is 13.2 Å². The third kappa shape index (κ3) is 6.68. The van der Waals surface area contributed by atoms with E-state index in [1.54, 1.807) is 4.72 Å². The van der Waals surface area contributed by atoms with Gasteiger partial charge in [-0.3, -0.25) is 4.79 Å². The first-order chi connectivity index (χ1) is 6.94. The Bertz CT molecular complexity index is 353. The topological polar surface area (TPSA) is 63.2 Å². The van der Waals surface area contributed by atoms with E-state index >= 15 is 0 Å². The van der Waals surface area contributed by atoms with Gasteiger partial charge in [-0.1, -0.05) is 33.1 Å². The van der Waals surface area contributed by atoms with Crippen molar-refractivity contribution < 1.29 is 13.2 Å². The summed E-state index contributed by atoms with van der Waals surface area (Å²) in [4.78, 5) is 10.4. The van der Waals surface area contributed by atoms with Gasteiger partial charge in [0.05, 0.1) is 4.91 Å². The van der Waals surface area contributed by atoms with E-state index in [0.29, 0.717) is 0 Å². The summed E-state index contributed by atoms with van der Waals surface area (Å²) in [5.74, 6) is -0.642. The van der Waals surface area contributed by atoms with Gasteiger partial charge in [0.2, 0.25) is 5.91 Å². The van der Waals surface area contributed by atoms with Crippen LogP contribution in [-0.4, -0.2) is 14.3 Å². The van der Waals surface area contributed by atoms with E-state index < -0.39 is 15.9 Å². The molecule has 0 spiro atoms. The van der Waals surface area contributed by atoms with Crippen molar-refractivity contribution >= 4 is 15.9 Å². The van der Waals surface area contributed by atoms with Gasteiger partial charge in [0, 0.05) is 6.92 Å². The number of carbonyl (C=O) groups excluding carboxylic acids is 1. The van der Waals surface area contributed by atoms with Crippen molar-refractivity contribution in [3.05, 3.63) is 36.3 Å². The molecule has 15 heavy (non-hydrogen) atoms. The maximum atomic E-state index is 11.2. The zero-order valence-electron chi connectivity index (χ0n) is 9.28. The molecule has 0 aliphatic carbocycles. The summed E-state index contributed by atoms with van der Waals surface area (Å²) in [6, 6.07) is 0. The van der Waals surface area contributed by atoms with Crippen LogP contribution in [0.2, 0.25) is 0 Å². The molecular formula is C10H17NO3S. The molecule has 0 aliphatic heterocycles. The first kappa shape index (κ1) is 16.1. The fourth-order valence-electron chi connectivity index (χ4n) is 0.632. The Morgan fingerprint density at radius 1 is 1.27 bits per heavy atom. The van der Waals surface area contributed by atoms with Gasteiger partial charge >= 0.3 is 0 Å². The van der Waals surface area contributed by atoms with Crippen molar-refractivity contribution in [2.75, 3.05) is 0 Å². The first-order valence-corrected chi connectivity index (χ1v) is 5.91. The van der Waals surface area contributed by atoms with Crippen molar-refractivity contribution in [2.45, 2.75) is 20.8 Å². The molecule has 1 N–H and O–H groups in total. The molecule has 0 bridgehead atoms. The fourth-order valence-corrected chi connectivity index (χ4v) is 1.62. The molecule has 0 aliphatic rings. The van der Waals surface area contributed by atoms with Crippen molar-refractivity contribution in [1.29, 1.82) is 0 Å². The lowest BCUT2D eigenvalue weighted by atomic mass is 10.5. The quantitative estimate of drug-likeness (QED) is 0.749. The maximum absolute atomic E-state index is 11.2. The van der Waals surface area contributed by atoms with Gasteiger partial charge < -0.3 is 0 Å². The Balaban J connectivity index is 0. The molecule has 0 aromatic heterocycles. The minimum Gasteiger partial charge on any atom is -0.274 e. The summed E-state index contributed by atoms with van der Waals surface area (Å²) in [6.07, 6.45) is 3.68. The number of nitrogens with one attached hydrogen (secondary N) is 1. The maximum Gasteiger partial charge on any atom is 0.264 e. The SMILES string of the molecule is C=C/C=C(\C=C)S(=O)(=O)NC(C)=O.CC. The van der Waals surface area contributed by atoms with Crippen LogP contribution in [0.4, 0.5) is 0 Å². The lowest BCUT2D eigenvalue weighted by Crippen LogP contribution is -2.28. The summed E-state index contributed by atoms with van der Waals surface area (Å²) in [6.45, 7) is 11.8. The second kappa shape index (κ2) is 7.99. The first-order valence-electron chi connectivity index (χ1n) is 4.42. The van der Waals surface area contributed by atoms with Crippen LogP contribution < -0.4 is 4.72 Å². The van der Waals surface area contributed by atoms with Crippen LogP contribution in [-0.2, 0) is 14.8 Å². The zero-order valence-corrected chi connectivity index (χ0v) is 10.1. The van der Waals surface area contributed by atoms with Gasteiger partial charge in [-0.05, 0) is 12.2 Å². The molecular weight excluding hydrogens is 214 g/mol. The third-order valence-corrected chi connectivity index (χ3v) is 2.55. The van der Waals surface area contributed by atoms with Gasteiger partial charge in [0.15, 0.2) is 0 Å². The van der Waals surface area contributed by atoms with E-state index in [0.717, 1.165) is 13.0 Å². The van der Waals surface area contributed by atoms with E-state index in [1.165, 1.54) is 12.2 Å². The molecule has 0 saturated heterocycles. The summed E-state index contributed by atoms with van der Waals surface area (Å²) in [5.41, 5.74) is 0. The van der Waals surface area contributed by atoms with Crippen molar-refractivity contribution in [2.24, 2.45) is 0 Å². The van der Waals surface area contributed by atoms with Crippen molar-refractivity contribution in [3.63, 3.8) is 0 Å². The smallest absolute Gasteiger partial charge is 0.264 e. The Morgan fingerprint density at radius 2 is 1.73 bits per heavy atom. The highest BCUT2D eigenvalue weighted by atomic mass is 32.2. The molecule has 0 heterocycles. The summed E-state index contributed by atoms with van der Waals surface area (Å²) in [7, 11) is -3.76. The molecule has 0 unspecified atom stereocenters. The average molecular weight is 231 g/mol. The minimum absolute atomic E-state index is 0.0855. The number of allylic oxidation sites excluding steroid dienone is 3. The second-order valence-corrected chi connectivity index (χ2v) is 3.85. The second-order valence-electron chi connectivity index (χ2n) is 2.17. The van der Waals surface area contributed by atoms with E-state index in [2.05, 4.69) is 13.2 Å². The van der Waals surface area contributed by atoms with Crippen LogP contribution in [0.1, 0.15) is 20.8 Å². The number of hydrogen-bond donors (Lipinski definition) is 1. The predicted octanol–water partition coefficient (Wildman–Crippen LogP) is 1.73. The Morgan fingerprint density at radius 3 is 2.00 bits per heavy atom. The standard InChI is InChI=1S/C8H11NO3S.C2H6/c1-4-6-8(5-2)13(11,12)9-7(3)10;1-2/h4-6H,1-2H2,3H3,(H,9,10);1-2H3/b8-6+;. The molecule has 86 valence electrons. The summed E-state index contributed by atoms with van der Waals surface area (Å²) < 4.78 is 24.3. The zero-order chi connectivity index (χ0) is 12.5. The van der Waals surface area contributed by atoms with Crippen molar-refractivity contribution in [3.8, 4) is 0 Å². The molecule has 0 atom stereocenters. The highest BCUT2D eigenvalue weighted by Gasteiger charge is 2.14. The molecule has 0 aromatic carbocycles. The summed E-state index contributed by atoms with van der Waals surface area (Å²) in [5, 5.41) is 0. The number of amides is 1. The molecule has 5 heteroatoms. The van der Waals surface area contributed by atoms with Crippen LogP contribution in [0.15, 0.2) is 36.3 Å². The molecule has 1 amide bonds. The fraction of sp³-hybridized carbons (Fsp3) is 0.300. The lowest BCUT2D eigenvalue weighted by Gasteiger charge is -2.03. The molecule has 4 nitrogen and oxygen atoms in total. The van der Waals surface area contributed by atoms with Gasteiger partial charge in [0.1, 0.15) is 0 Å². The largest absolute Gasteiger partial charge is 0.274 e. The molecule has 0 rings (SSSR count). The third-order valence-electron chi connectivity index (χ3n) is 1.07. The molecule has 0 saturated carbocycles.